The Labute approximate surface area is 183 Å². The van der Waals surface area contributed by atoms with E-state index in [0.717, 1.165) is 12.8 Å². The highest BCUT2D eigenvalue weighted by Gasteiger charge is 2.29. The van der Waals surface area contributed by atoms with Gasteiger partial charge in [-0.15, -0.1) is 0 Å². The average Bonchev–Trinajstić information content (AvgIpc) is 2.64. The molecule has 31 heavy (non-hydrogen) atoms. The van der Waals surface area contributed by atoms with Gasteiger partial charge in [0, 0.05) is 16.7 Å². The quantitative estimate of drug-likeness (QED) is 0.203. The number of ether oxygens (including phenoxy) is 3. The van der Waals surface area contributed by atoms with E-state index in [4.69, 9.17) is 9.47 Å². The highest BCUT2D eigenvalue weighted by Crippen LogP contribution is 2.14. The average molecular weight is 453 g/mol. The van der Waals surface area contributed by atoms with Crippen molar-refractivity contribution in [2.45, 2.75) is 60.6 Å². The van der Waals surface area contributed by atoms with E-state index in [9.17, 15) is 27.6 Å². The van der Waals surface area contributed by atoms with Crippen LogP contribution in [0.4, 0.5) is 13.2 Å². The van der Waals surface area contributed by atoms with Crippen LogP contribution in [0.5, 0.6) is 0 Å². The zero-order chi connectivity index (χ0) is 25.2. The zero-order valence-corrected chi connectivity index (χ0v) is 19.3. The lowest BCUT2D eigenvalue weighted by atomic mass is 10.2. The van der Waals surface area contributed by atoms with Gasteiger partial charge in [-0.1, -0.05) is 46.9 Å². The Morgan fingerprint density at radius 1 is 0.806 bits per heavy atom. The molecule has 6 nitrogen and oxygen atoms in total. The van der Waals surface area contributed by atoms with Crippen LogP contribution >= 0.6 is 0 Å². The van der Waals surface area contributed by atoms with Crippen LogP contribution in [-0.4, -0.2) is 43.9 Å². The molecular formula is C22H35F3O6. The number of rotatable bonds is 9. The number of hydrogen-bond acceptors (Lipinski definition) is 6. The Balaban J connectivity index is -0.000000380. The molecule has 0 aliphatic carbocycles. The van der Waals surface area contributed by atoms with E-state index in [1.807, 2.05) is 13.8 Å². The van der Waals surface area contributed by atoms with Crippen LogP contribution in [0, 0.1) is 5.92 Å². The smallest absolute Gasteiger partial charge is 0.422 e. The molecule has 0 saturated carbocycles. The van der Waals surface area contributed by atoms with Gasteiger partial charge in [-0.05, 0) is 33.1 Å². The number of carbonyl (C=O) groups excluding carboxylic acids is 3. The van der Waals surface area contributed by atoms with Crippen molar-refractivity contribution in [2.24, 2.45) is 5.92 Å². The van der Waals surface area contributed by atoms with E-state index in [0.29, 0.717) is 30.3 Å². The minimum absolute atomic E-state index is 0.0470. The number of halogens is 3. The van der Waals surface area contributed by atoms with Crippen LogP contribution in [0.2, 0.25) is 0 Å². The van der Waals surface area contributed by atoms with Gasteiger partial charge in [-0.25, -0.2) is 14.4 Å². The lowest BCUT2D eigenvalue weighted by Crippen LogP contribution is -2.20. The summed E-state index contributed by atoms with van der Waals surface area (Å²) in [6.45, 7) is 20.1. The van der Waals surface area contributed by atoms with Crippen LogP contribution in [0.25, 0.3) is 0 Å². The van der Waals surface area contributed by atoms with Gasteiger partial charge in [0.2, 0.25) is 0 Å². The topological polar surface area (TPSA) is 78.9 Å². The lowest BCUT2D eigenvalue weighted by Gasteiger charge is -2.06. The molecule has 0 rings (SSSR count). The largest absolute Gasteiger partial charge is 0.462 e. The second-order valence-electron chi connectivity index (χ2n) is 7.01. The van der Waals surface area contributed by atoms with Crippen LogP contribution in [0.15, 0.2) is 36.5 Å². The van der Waals surface area contributed by atoms with Gasteiger partial charge in [0.15, 0.2) is 6.61 Å². The second-order valence-corrected chi connectivity index (χ2v) is 7.01. The standard InChI is InChI=1S/2C8H14O2.C6H7F3O2/c1-6(2)5-10-8(9)7(3)4;1-4-5-6-10-8(9)7(2)3;1-4(2)5(10)11-3-6(7,8)9/h6H,3,5H2,1-2,4H3;2,4-6H2,1,3H3;1,3H2,2H3. The molecule has 0 saturated heterocycles. The van der Waals surface area contributed by atoms with Gasteiger partial charge in [-0.3, -0.25) is 0 Å². The summed E-state index contributed by atoms with van der Waals surface area (Å²) in [5, 5.41) is 0. The van der Waals surface area contributed by atoms with Crippen molar-refractivity contribution in [3.05, 3.63) is 36.5 Å². The Morgan fingerprint density at radius 2 is 1.19 bits per heavy atom. The van der Waals surface area contributed by atoms with Crippen LogP contribution < -0.4 is 0 Å². The SMILES string of the molecule is C=C(C)C(=O)OCC(C)C.C=C(C)C(=O)OCC(F)(F)F.C=C(C)C(=O)OCCCC. The van der Waals surface area contributed by atoms with E-state index in [1.54, 1.807) is 13.8 Å². The molecule has 0 aromatic carbocycles. The Hall–Kier alpha value is -2.58. The van der Waals surface area contributed by atoms with Crippen LogP contribution in [-0.2, 0) is 28.6 Å². The van der Waals surface area contributed by atoms with Crippen molar-refractivity contribution in [3.8, 4) is 0 Å². The summed E-state index contributed by atoms with van der Waals surface area (Å²) in [7, 11) is 0. The van der Waals surface area contributed by atoms with Gasteiger partial charge in [0.05, 0.1) is 13.2 Å². The molecule has 0 atom stereocenters. The van der Waals surface area contributed by atoms with E-state index in [2.05, 4.69) is 31.4 Å². The van der Waals surface area contributed by atoms with E-state index in [1.165, 1.54) is 6.92 Å². The molecular weight excluding hydrogens is 417 g/mol. The summed E-state index contributed by atoms with van der Waals surface area (Å²) < 4.78 is 47.6. The number of hydrogen-bond donors (Lipinski definition) is 0. The first kappa shape index (κ1) is 33.1. The summed E-state index contributed by atoms with van der Waals surface area (Å²) in [4.78, 5) is 31.8. The van der Waals surface area contributed by atoms with E-state index in [-0.39, 0.29) is 17.5 Å². The Bertz CT molecular complexity index is 607. The monoisotopic (exact) mass is 452 g/mol. The molecule has 0 amide bonds. The molecule has 9 heteroatoms. The molecule has 0 spiro atoms. The first-order chi connectivity index (χ1) is 14.0. The molecule has 0 fully saturated rings. The van der Waals surface area contributed by atoms with E-state index < -0.39 is 18.8 Å². The fraction of sp³-hybridized carbons (Fsp3) is 0.591. The minimum atomic E-state index is -4.47. The molecule has 0 unspecified atom stereocenters. The fourth-order valence-corrected chi connectivity index (χ4v) is 1.07. The maximum atomic E-state index is 11.4. The minimum Gasteiger partial charge on any atom is -0.462 e. The maximum absolute atomic E-state index is 11.4. The van der Waals surface area contributed by atoms with Crippen molar-refractivity contribution < 1.29 is 41.8 Å². The van der Waals surface area contributed by atoms with E-state index >= 15 is 0 Å². The van der Waals surface area contributed by atoms with Gasteiger partial charge < -0.3 is 14.2 Å². The summed E-state index contributed by atoms with van der Waals surface area (Å²) in [5.74, 6) is -1.22. The lowest BCUT2D eigenvalue weighted by molar-refractivity contribution is -0.183. The van der Waals surface area contributed by atoms with Gasteiger partial charge in [-0.2, -0.15) is 13.2 Å². The number of alkyl halides is 3. The van der Waals surface area contributed by atoms with Gasteiger partial charge in [0.1, 0.15) is 0 Å². The molecule has 0 aromatic heterocycles. The Kier molecular flexibility index (Phi) is 19.4. The highest BCUT2D eigenvalue weighted by molar-refractivity contribution is 5.87. The van der Waals surface area contributed by atoms with Gasteiger partial charge >= 0.3 is 24.1 Å². The first-order valence-electron chi connectivity index (χ1n) is 9.59. The maximum Gasteiger partial charge on any atom is 0.422 e. The molecule has 0 N–H and O–H groups in total. The third-order valence-electron chi connectivity index (χ3n) is 2.69. The molecule has 0 aliphatic heterocycles. The predicted octanol–water partition coefficient (Wildman–Crippen LogP) is 5.34. The fourth-order valence-electron chi connectivity index (χ4n) is 1.07. The van der Waals surface area contributed by atoms with Crippen molar-refractivity contribution in [2.75, 3.05) is 19.8 Å². The number of esters is 3. The van der Waals surface area contributed by atoms with Crippen molar-refractivity contribution in [1.29, 1.82) is 0 Å². The summed E-state index contributed by atoms with van der Waals surface area (Å²) >= 11 is 0. The molecule has 0 aromatic rings. The van der Waals surface area contributed by atoms with Crippen molar-refractivity contribution in [1.82, 2.24) is 0 Å². The van der Waals surface area contributed by atoms with Crippen molar-refractivity contribution in [3.63, 3.8) is 0 Å². The predicted molar refractivity (Wildman–Crippen MR) is 113 cm³/mol. The third-order valence-corrected chi connectivity index (χ3v) is 2.69. The zero-order valence-electron chi connectivity index (χ0n) is 19.3. The Morgan fingerprint density at radius 3 is 1.52 bits per heavy atom. The second kappa shape index (κ2) is 18.2. The number of carbonyl (C=O) groups is 3. The molecule has 0 aliphatic rings. The van der Waals surface area contributed by atoms with Crippen LogP contribution in [0.3, 0.4) is 0 Å². The van der Waals surface area contributed by atoms with Gasteiger partial charge in [0.25, 0.3) is 0 Å². The number of unbranched alkanes of at least 4 members (excludes halogenated alkanes) is 1. The third kappa shape index (κ3) is 27.4. The molecule has 180 valence electrons. The highest BCUT2D eigenvalue weighted by atomic mass is 19.4. The summed E-state index contributed by atoms with van der Waals surface area (Å²) in [6, 6.07) is 0. The summed E-state index contributed by atoms with van der Waals surface area (Å²) in [5.41, 5.74) is 0.881. The molecule has 0 radical (unpaired) electrons. The normalized spacial score (nSPS) is 9.87. The summed E-state index contributed by atoms with van der Waals surface area (Å²) in [6.07, 6.45) is -2.49. The van der Waals surface area contributed by atoms with Crippen LogP contribution in [0.1, 0.15) is 54.4 Å². The first-order valence-corrected chi connectivity index (χ1v) is 9.59. The molecule has 0 heterocycles. The molecule has 0 bridgehead atoms. The van der Waals surface area contributed by atoms with Crippen molar-refractivity contribution >= 4 is 17.9 Å².